The highest BCUT2D eigenvalue weighted by molar-refractivity contribution is 5.78. The Hall–Kier alpha value is -1.61. The summed E-state index contributed by atoms with van der Waals surface area (Å²) >= 11 is 0. The van der Waals surface area contributed by atoms with Gasteiger partial charge in [0, 0.05) is 19.1 Å². The number of hydrogen-bond acceptors (Lipinski definition) is 4. The zero-order chi connectivity index (χ0) is 13.3. The largest absolute Gasteiger partial charge is 0.481 e. The highest BCUT2D eigenvalue weighted by atomic mass is 16.4. The van der Waals surface area contributed by atoms with E-state index in [2.05, 4.69) is 5.32 Å². The van der Waals surface area contributed by atoms with Gasteiger partial charge in [-0.2, -0.15) is 5.26 Å². The lowest BCUT2D eigenvalue weighted by atomic mass is 10.2. The Morgan fingerprint density at radius 1 is 1.47 bits per heavy atom. The van der Waals surface area contributed by atoms with Gasteiger partial charge in [0.1, 0.15) is 0 Å². The zero-order valence-corrected chi connectivity index (χ0v) is 10.3. The quantitative estimate of drug-likeness (QED) is 0.592. The Kier molecular flexibility index (Phi) is 7.72. The fourth-order valence-corrected chi connectivity index (χ4v) is 1.26. The number of amides is 1. The van der Waals surface area contributed by atoms with Crippen LogP contribution in [0.5, 0.6) is 0 Å². The van der Waals surface area contributed by atoms with Gasteiger partial charge in [0.25, 0.3) is 0 Å². The minimum Gasteiger partial charge on any atom is -0.481 e. The SMILES string of the molecule is CC(C)N(CCC(=O)O)CC(=O)NCCC#N. The lowest BCUT2D eigenvalue weighted by Gasteiger charge is -2.24. The molecule has 0 aliphatic carbocycles. The van der Waals surface area contributed by atoms with Crippen LogP contribution in [0.1, 0.15) is 26.7 Å². The maximum Gasteiger partial charge on any atom is 0.304 e. The van der Waals surface area contributed by atoms with Crippen LogP contribution < -0.4 is 5.32 Å². The minimum atomic E-state index is -0.875. The van der Waals surface area contributed by atoms with Crippen LogP contribution in [-0.4, -0.2) is 47.6 Å². The summed E-state index contributed by atoms with van der Waals surface area (Å²) in [7, 11) is 0. The minimum absolute atomic E-state index is 0.0175. The molecule has 0 fully saturated rings. The van der Waals surface area contributed by atoms with Crippen LogP contribution >= 0.6 is 0 Å². The average Bonchev–Trinajstić information content (AvgIpc) is 2.23. The average molecular weight is 241 g/mol. The molecule has 0 heterocycles. The number of hydrogen-bond donors (Lipinski definition) is 2. The molecule has 0 saturated carbocycles. The predicted molar refractivity (Wildman–Crippen MR) is 62.2 cm³/mol. The molecule has 6 heteroatoms. The molecule has 96 valence electrons. The van der Waals surface area contributed by atoms with Gasteiger partial charge >= 0.3 is 5.97 Å². The molecule has 0 saturated heterocycles. The summed E-state index contributed by atoms with van der Waals surface area (Å²) in [6.07, 6.45) is 0.298. The van der Waals surface area contributed by atoms with E-state index in [0.29, 0.717) is 13.1 Å². The topological polar surface area (TPSA) is 93.4 Å². The van der Waals surface area contributed by atoms with Crippen LogP contribution in [0.3, 0.4) is 0 Å². The van der Waals surface area contributed by atoms with Crippen molar-refractivity contribution in [1.29, 1.82) is 5.26 Å². The number of nitriles is 1. The summed E-state index contributed by atoms with van der Waals surface area (Å²) < 4.78 is 0. The molecule has 0 aromatic heterocycles. The summed E-state index contributed by atoms with van der Waals surface area (Å²) in [6, 6.07) is 2.04. The van der Waals surface area contributed by atoms with Crippen LogP contribution in [0.25, 0.3) is 0 Å². The van der Waals surface area contributed by atoms with Crippen molar-refractivity contribution in [3.63, 3.8) is 0 Å². The monoisotopic (exact) mass is 241 g/mol. The molecule has 0 spiro atoms. The van der Waals surface area contributed by atoms with Crippen molar-refractivity contribution in [2.45, 2.75) is 32.7 Å². The highest BCUT2D eigenvalue weighted by Gasteiger charge is 2.14. The summed E-state index contributed by atoms with van der Waals surface area (Å²) in [6.45, 7) is 4.66. The summed E-state index contributed by atoms with van der Waals surface area (Å²) in [5, 5.41) is 19.5. The molecule has 0 bridgehead atoms. The molecule has 0 atom stereocenters. The van der Waals surface area contributed by atoms with Gasteiger partial charge in [-0.05, 0) is 13.8 Å². The molecule has 0 aliphatic rings. The molecule has 2 N–H and O–H groups in total. The number of aliphatic carboxylic acids is 1. The highest BCUT2D eigenvalue weighted by Crippen LogP contribution is 1.99. The first kappa shape index (κ1) is 15.4. The van der Waals surface area contributed by atoms with Crippen molar-refractivity contribution in [3.05, 3.63) is 0 Å². The number of carboxylic acid groups (broad SMARTS) is 1. The van der Waals surface area contributed by atoms with E-state index in [1.165, 1.54) is 0 Å². The Balaban J connectivity index is 4.02. The van der Waals surface area contributed by atoms with E-state index in [9.17, 15) is 9.59 Å². The molecule has 6 nitrogen and oxygen atoms in total. The molecule has 0 aromatic carbocycles. The predicted octanol–water partition coefficient (Wildman–Crippen LogP) is 0.201. The lowest BCUT2D eigenvalue weighted by Crippen LogP contribution is -2.42. The van der Waals surface area contributed by atoms with E-state index < -0.39 is 5.97 Å². The third-order valence-electron chi connectivity index (χ3n) is 2.25. The van der Waals surface area contributed by atoms with Crippen molar-refractivity contribution < 1.29 is 14.7 Å². The fourth-order valence-electron chi connectivity index (χ4n) is 1.26. The van der Waals surface area contributed by atoms with E-state index >= 15 is 0 Å². The summed E-state index contributed by atoms with van der Waals surface area (Å²) in [4.78, 5) is 23.7. The number of carboxylic acids is 1. The van der Waals surface area contributed by atoms with Crippen molar-refractivity contribution in [1.82, 2.24) is 10.2 Å². The first-order valence-corrected chi connectivity index (χ1v) is 5.57. The van der Waals surface area contributed by atoms with Crippen molar-refractivity contribution in [2.24, 2.45) is 0 Å². The molecular weight excluding hydrogens is 222 g/mol. The third kappa shape index (κ3) is 8.22. The second-order valence-electron chi connectivity index (χ2n) is 3.97. The van der Waals surface area contributed by atoms with Gasteiger partial charge in [0.15, 0.2) is 0 Å². The summed E-state index contributed by atoms with van der Waals surface area (Å²) in [5.74, 6) is -1.06. The maximum absolute atomic E-state index is 11.5. The van der Waals surface area contributed by atoms with Crippen LogP contribution in [-0.2, 0) is 9.59 Å². The van der Waals surface area contributed by atoms with Gasteiger partial charge in [0.05, 0.1) is 25.5 Å². The molecule has 0 unspecified atom stereocenters. The second kappa shape index (κ2) is 8.53. The Bertz CT molecular complexity index is 297. The van der Waals surface area contributed by atoms with E-state index in [-0.39, 0.29) is 31.3 Å². The Labute approximate surface area is 101 Å². The van der Waals surface area contributed by atoms with Crippen LogP contribution in [0.2, 0.25) is 0 Å². The van der Waals surface area contributed by atoms with E-state index in [0.717, 1.165) is 0 Å². The lowest BCUT2D eigenvalue weighted by molar-refractivity contribution is -0.138. The number of nitrogens with one attached hydrogen (secondary N) is 1. The molecule has 0 radical (unpaired) electrons. The van der Waals surface area contributed by atoms with E-state index in [1.807, 2.05) is 19.9 Å². The molecule has 0 rings (SSSR count). The fraction of sp³-hybridized carbons (Fsp3) is 0.727. The van der Waals surface area contributed by atoms with Gasteiger partial charge in [-0.25, -0.2) is 0 Å². The molecule has 0 aromatic rings. The van der Waals surface area contributed by atoms with E-state index in [1.54, 1.807) is 4.90 Å². The van der Waals surface area contributed by atoms with Crippen molar-refractivity contribution >= 4 is 11.9 Å². The smallest absolute Gasteiger partial charge is 0.304 e. The number of nitrogens with zero attached hydrogens (tertiary/aromatic N) is 2. The maximum atomic E-state index is 11.5. The van der Waals surface area contributed by atoms with Gasteiger partial charge in [-0.1, -0.05) is 0 Å². The first-order valence-electron chi connectivity index (χ1n) is 5.57. The molecular formula is C11H19N3O3. The standard InChI is InChI=1S/C11H19N3O3/c1-9(2)14(7-4-11(16)17)8-10(15)13-6-3-5-12/h9H,3-4,6-8H2,1-2H3,(H,13,15)(H,16,17). The molecule has 0 aliphatic heterocycles. The first-order chi connectivity index (χ1) is 7.97. The number of rotatable bonds is 8. The number of carbonyl (C=O) groups is 2. The van der Waals surface area contributed by atoms with Crippen molar-refractivity contribution in [2.75, 3.05) is 19.6 Å². The van der Waals surface area contributed by atoms with Gasteiger partial charge in [-0.15, -0.1) is 0 Å². The van der Waals surface area contributed by atoms with Crippen LogP contribution in [0.4, 0.5) is 0 Å². The third-order valence-corrected chi connectivity index (χ3v) is 2.25. The molecule has 17 heavy (non-hydrogen) atoms. The van der Waals surface area contributed by atoms with Crippen molar-refractivity contribution in [3.8, 4) is 6.07 Å². The van der Waals surface area contributed by atoms with Gasteiger partial charge < -0.3 is 10.4 Å². The Morgan fingerprint density at radius 2 is 2.12 bits per heavy atom. The number of carbonyl (C=O) groups excluding carboxylic acids is 1. The van der Waals surface area contributed by atoms with Crippen LogP contribution in [0.15, 0.2) is 0 Å². The summed E-state index contributed by atoms with van der Waals surface area (Å²) in [5.41, 5.74) is 0. The van der Waals surface area contributed by atoms with Gasteiger partial charge in [0.2, 0.25) is 5.91 Å². The Morgan fingerprint density at radius 3 is 2.59 bits per heavy atom. The normalized spacial score (nSPS) is 10.3. The molecule has 1 amide bonds. The second-order valence-corrected chi connectivity index (χ2v) is 3.97. The van der Waals surface area contributed by atoms with Gasteiger partial charge in [-0.3, -0.25) is 14.5 Å². The van der Waals surface area contributed by atoms with E-state index in [4.69, 9.17) is 10.4 Å². The van der Waals surface area contributed by atoms with Crippen LogP contribution in [0, 0.1) is 11.3 Å². The zero-order valence-electron chi connectivity index (χ0n) is 10.3.